The smallest absolute Gasteiger partial charge is 0.293 e. The summed E-state index contributed by atoms with van der Waals surface area (Å²) < 4.78 is 0. The molecule has 1 atom stereocenters. The number of carbonyl (C=O) groups is 2. The normalized spacial score (nSPS) is 16.4. The highest BCUT2D eigenvalue weighted by Crippen LogP contribution is 2.28. The fourth-order valence-corrected chi connectivity index (χ4v) is 2.65. The van der Waals surface area contributed by atoms with Crippen LogP contribution < -0.4 is 10.7 Å². The minimum Gasteiger partial charge on any atom is -0.316 e. The zero-order valence-electron chi connectivity index (χ0n) is 13.8. The molecule has 0 radical (unpaired) electrons. The first kappa shape index (κ1) is 17.2. The molecule has 1 unspecified atom stereocenters. The number of pyridine rings is 1. The fourth-order valence-electron chi connectivity index (χ4n) is 2.65. The first-order chi connectivity index (χ1) is 12.5. The largest absolute Gasteiger partial charge is 0.316 e. The van der Waals surface area contributed by atoms with Gasteiger partial charge < -0.3 is 5.32 Å². The standard InChI is InChI=1S/C17H15N5O4/c1-10-8-15(23)20-21-16(10)12-2-3-13(14(9-12)22(25)26)19-17(24)11-4-6-18-7-5-11/h2-7,9-10H,8H2,1H3,(H,19,24)(H,20,23). The van der Waals surface area contributed by atoms with Gasteiger partial charge in [-0.3, -0.25) is 24.7 Å². The van der Waals surface area contributed by atoms with E-state index in [1.807, 2.05) is 6.92 Å². The van der Waals surface area contributed by atoms with Gasteiger partial charge in [-0.25, -0.2) is 5.43 Å². The van der Waals surface area contributed by atoms with Crippen molar-refractivity contribution in [2.75, 3.05) is 5.32 Å². The molecular weight excluding hydrogens is 338 g/mol. The van der Waals surface area contributed by atoms with E-state index in [0.717, 1.165) is 0 Å². The average Bonchev–Trinajstić information content (AvgIpc) is 2.63. The van der Waals surface area contributed by atoms with E-state index in [1.165, 1.54) is 36.7 Å². The maximum absolute atomic E-state index is 12.2. The van der Waals surface area contributed by atoms with Gasteiger partial charge in [-0.1, -0.05) is 13.0 Å². The Kier molecular flexibility index (Phi) is 4.70. The number of carbonyl (C=O) groups excluding carboxylic acids is 2. The van der Waals surface area contributed by atoms with Crippen LogP contribution in [0.25, 0.3) is 0 Å². The summed E-state index contributed by atoms with van der Waals surface area (Å²) in [5, 5.41) is 18.0. The number of nitro groups is 1. The van der Waals surface area contributed by atoms with Gasteiger partial charge in [-0.15, -0.1) is 0 Å². The topological polar surface area (TPSA) is 127 Å². The monoisotopic (exact) mass is 353 g/mol. The Morgan fingerprint density at radius 1 is 1.31 bits per heavy atom. The highest BCUT2D eigenvalue weighted by molar-refractivity contribution is 6.08. The SMILES string of the molecule is CC1CC(=O)NN=C1c1ccc(NC(=O)c2ccncc2)c([N+](=O)[O-])c1. The minimum absolute atomic E-state index is 0.0775. The molecule has 2 heterocycles. The van der Waals surface area contributed by atoms with Crippen molar-refractivity contribution in [3.63, 3.8) is 0 Å². The highest BCUT2D eigenvalue weighted by Gasteiger charge is 2.25. The quantitative estimate of drug-likeness (QED) is 0.643. The Balaban J connectivity index is 1.92. The molecule has 0 saturated carbocycles. The van der Waals surface area contributed by atoms with E-state index < -0.39 is 10.8 Å². The summed E-state index contributed by atoms with van der Waals surface area (Å²) in [4.78, 5) is 38.3. The Hall–Kier alpha value is -3.62. The number of anilines is 1. The van der Waals surface area contributed by atoms with E-state index in [9.17, 15) is 19.7 Å². The molecule has 2 N–H and O–H groups in total. The Morgan fingerprint density at radius 2 is 2.04 bits per heavy atom. The zero-order chi connectivity index (χ0) is 18.7. The predicted molar refractivity (Wildman–Crippen MR) is 93.7 cm³/mol. The summed E-state index contributed by atoms with van der Waals surface area (Å²) >= 11 is 0. The second kappa shape index (κ2) is 7.09. The molecule has 0 saturated heterocycles. The van der Waals surface area contributed by atoms with Crippen molar-refractivity contribution in [2.45, 2.75) is 13.3 Å². The maximum atomic E-state index is 12.2. The first-order valence-electron chi connectivity index (χ1n) is 7.82. The molecule has 0 bridgehead atoms. The van der Waals surface area contributed by atoms with Crippen LogP contribution in [0.4, 0.5) is 11.4 Å². The number of rotatable bonds is 4. The molecule has 2 amide bonds. The van der Waals surface area contributed by atoms with Gasteiger partial charge in [0.25, 0.3) is 11.6 Å². The molecule has 1 aromatic carbocycles. The van der Waals surface area contributed by atoms with Gasteiger partial charge in [0.2, 0.25) is 5.91 Å². The summed E-state index contributed by atoms with van der Waals surface area (Å²) in [7, 11) is 0. The molecule has 1 aliphatic heterocycles. The number of nitrogens with zero attached hydrogens (tertiary/aromatic N) is 3. The average molecular weight is 353 g/mol. The van der Waals surface area contributed by atoms with Crippen LogP contribution in [-0.4, -0.2) is 27.4 Å². The number of aromatic nitrogens is 1. The Morgan fingerprint density at radius 3 is 2.69 bits per heavy atom. The lowest BCUT2D eigenvalue weighted by Gasteiger charge is -2.19. The number of hydrogen-bond acceptors (Lipinski definition) is 6. The van der Waals surface area contributed by atoms with Crippen molar-refractivity contribution >= 4 is 28.9 Å². The highest BCUT2D eigenvalue weighted by atomic mass is 16.6. The van der Waals surface area contributed by atoms with Gasteiger partial charge >= 0.3 is 0 Å². The van der Waals surface area contributed by atoms with Gasteiger partial charge in [0.1, 0.15) is 5.69 Å². The summed E-state index contributed by atoms with van der Waals surface area (Å²) in [6.07, 6.45) is 3.18. The Labute approximate surface area is 148 Å². The molecule has 132 valence electrons. The summed E-state index contributed by atoms with van der Waals surface area (Å²) in [5.41, 5.74) is 3.62. The van der Waals surface area contributed by atoms with E-state index in [-0.39, 0.29) is 29.6 Å². The van der Waals surface area contributed by atoms with Gasteiger partial charge in [0.05, 0.1) is 10.6 Å². The van der Waals surface area contributed by atoms with Crippen LogP contribution in [0.15, 0.2) is 47.8 Å². The number of benzene rings is 1. The molecule has 9 nitrogen and oxygen atoms in total. The number of nitro benzene ring substituents is 1. The number of amides is 2. The number of hydrazone groups is 1. The molecule has 9 heteroatoms. The number of hydrogen-bond donors (Lipinski definition) is 2. The number of nitrogens with one attached hydrogen (secondary N) is 2. The lowest BCUT2D eigenvalue weighted by molar-refractivity contribution is -0.383. The first-order valence-corrected chi connectivity index (χ1v) is 7.82. The van der Waals surface area contributed by atoms with Crippen LogP contribution in [-0.2, 0) is 4.79 Å². The lowest BCUT2D eigenvalue weighted by Crippen LogP contribution is -2.32. The molecule has 1 aromatic heterocycles. The lowest BCUT2D eigenvalue weighted by atomic mass is 9.93. The van der Waals surface area contributed by atoms with Crippen molar-refractivity contribution in [2.24, 2.45) is 11.0 Å². The molecule has 2 aromatic rings. The van der Waals surface area contributed by atoms with Crippen molar-refractivity contribution < 1.29 is 14.5 Å². The second-order valence-corrected chi connectivity index (χ2v) is 5.82. The van der Waals surface area contributed by atoms with Crippen molar-refractivity contribution in [3.8, 4) is 0 Å². The van der Waals surface area contributed by atoms with Crippen molar-refractivity contribution in [3.05, 3.63) is 64.0 Å². The van der Waals surface area contributed by atoms with Gasteiger partial charge in [-0.05, 0) is 18.2 Å². The summed E-state index contributed by atoms with van der Waals surface area (Å²) in [5.74, 6) is -0.837. The van der Waals surface area contributed by atoms with Crippen LogP contribution >= 0.6 is 0 Å². The van der Waals surface area contributed by atoms with E-state index >= 15 is 0 Å². The third kappa shape index (κ3) is 3.56. The molecule has 0 fully saturated rings. The van der Waals surface area contributed by atoms with Gasteiger partial charge in [0.15, 0.2) is 0 Å². The van der Waals surface area contributed by atoms with E-state index in [1.54, 1.807) is 6.07 Å². The van der Waals surface area contributed by atoms with E-state index in [0.29, 0.717) is 16.8 Å². The van der Waals surface area contributed by atoms with Crippen LogP contribution in [0.3, 0.4) is 0 Å². The third-order valence-corrected chi connectivity index (χ3v) is 3.94. The van der Waals surface area contributed by atoms with E-state index in [2.05, 4.69) is 20.8 Å². The molecule has 0 aliphatic carbocycles. The molecule has 26 heavy (non-hydrogen) atoms. The van der Waals surface area contributed by atoms with Gasteiger partial charge in [0, 0.05) is 41.9 Å². The van der Waals surface area contributed by atoms with Crippen LogP contribution in [0.2, 0.25) is 0 Å². The van der Waals surface area contributed by atoms with Crippen molar-refractivity contribution in [1.29, 1.82) is 0 Å². The van der Waals surface area contributed by atoms with Crippen LogP contribution in [0.1, 0.15) is 29.3 Å². The maximum Gasteiger partial charge on any atom is 0.293 e. The zero-order valence-corrected chi connectivity index (χ0v) is 13.8. The second-order valence-electron chi connectivity index (χ2n) is 5.82. The predicted octanol–water partition coefficient (Wildman–Crippen LogP) is 2.10. The fraction of sp³-hybridized carbons (Fsp3) is 0.176. The van der Waals surface area contributed by atoms with Crippen LogP contribution in [0, 0.1) is 16.0 Å². The van der Waals surface area contributed by atoms with Gasteiger partial charge in [-0.2, -0.15) is 5.10 Å². The molecular formula is C17H15N5O4. The molecule has 1 aliphatic rings. The summed E-state index contributed by atoms with van der Waals surface area (Å²) in [6, 6.07) is 7.45. The third-order valence-electron chi connectivity index (χ3n) is 3.94. The van der Waals surface area contributed by atoms with Crippen molar-refractivity contribution in [1.82, 2.24) is 10.4 Å². The molecule has 3 rings (SSSR count). The Bertz CT molecular complexity index is 911. The summed E-state index contributed by atoms with van der Waals surface area (Å²) in [6.45, 7) is 1.82. The van der Waals surface area contributed by atoms with E-state index in [4.69, 9.17) is 0 Å². The molecule has 0 spiro atoms. The van der Waals surface area contributed by atoms with Crippen LogP contribution in [0.5, 0.6) is 0 Å². The minimum atomic E-state index is -0.571.